The maximum absolute atomic E-state index is 11.4. The van der Waals surface area contributed by atoms with E-state index in [0.29, 0.717) is 24.6 Å². The second-order valence-electron chi connectivity index (χ2n) is 3.69. The van der Waals surface area contributed by atoms with Crippen LogP contribution in [0.3, 0.4) is 0 Å². The Kier molecular flexibility index (Phi) is 9.52. The van der Waals surface area contributed by atoms with E-state index in [-0.39, 0.29) is 11.9 Å². The fraction of sp³-hybridized carbons (Fsp3) is 0.909. The molecule has 96 valence electrons. The van der Waals surface area contributed by atoms with E-state index in [1.54, 1.807) is 0 Å². The fourth-order valence-corrected chi connectivity index (χ4v) is 1.96. The Bertz CT molecular complexity index is 218. The lowest BCUT2D eigenvalue weighted by Crippen LogP contribution is -2.40. The van der Waals surface area contributed by atoms with Crippen LogP contribution in [0.4, 0.5) is 0 Å². The van der Waals surface area contributed by atoms with E-state index in [4.69, 9.17) is 0 Å². The molecule has 0 aromatic rings. The summed E-state index contributed by atoms with van der Waals surface area (Å²) in [6.07, 6.45) is 1.92. The van der Waals surface area contributed by atoms with Crippen LogP contribution < -0.4 is 10.6 Å². The van der Waals surface area contributed by atoms with Crippen molar-refractivity contribution >= 4 is 16.7 Å². The first-order valence-corrected chi connectivity index (χ1v) is 7.47. The van der Waals surface area contributed by atoms with Gasteiger partial charge in [0.15, 0.2) is 0 Å². The van der Waals surface area contributed by atoms with Gasteiger partial charge in [0.05, 0.1) is 6.54 Å². The summed E-state index contributed by atoms with van der Waals surface area (Å²) in [5, 5.41) is 5.94. The molecule has 0 aromatic carbocycles. The molecule has 1 unspecified atom stereocenters. The number of amides is 1. The highest BCUT2D eigenvalue weighted by atomic mass is 32.2. The fourth-order valence-electron chi connectivity index (χ4n) is 1.30. The third-order valence-electron chi connectivity index (χ3n) is 2.46. The third-order valence-corrected chi connectivity index (χ3v) is 3.77. The Balaban J connectivity index is 3.54. The molecule has 16 heavy (non-hydrogen) atoms. The van der Waals surface area contributed by atoms with E-state index in [9.17, 15) is 9.00 Å². The van der Waals surface area contributed by atoms with Crippen LogP contribution in [0.15, 0.2) is 0 Å². The van der Waals surface area contributed by atoms with Gasteiger partial charge >= 0.3 is 0 Å². The van der Waals surface area contributed by atoms with Crippen molar-refractivity contribution in [1.29, 1.82) is 0 Å². The zero-order valence-electron chi connectivity index (χ0n) is 10.5. The van der Waals surface area contributed by atoms with Crippen molar-refractivity contribution in [3.63, 3.8) is 0 Å². The summed E-state index contributed by atoms with van der Waals surface area (Å²) in [7, 11) is -0.750. The lowest BCUT2D eigenvalue weighted by atomic mass is 10.2. The van der Waals surface area contributed by atoms with Gasteiger partial charge in [-0.3, -0.25) is 9.00 Å². The van der Waals surface area contributed by atoms with Crippen molar-refractivity contribution in [3.8, 4) is 0 Å². The number of rotatable bonds is 9. The highest BCUT2D eigenvalue weighted by Gasteiger charge is 2.07. The maximum atomic E-state index is 11.4. The maximum Gasteiger partial charge on any atom is 0.234 e. The molecular formula is C11H24N2O2S. The van der Waals surface area contributed by atoms with Gasteiger partial charge in [-0.05, 0) is 12.8 Å². The molecule has 0 saturated carbocycles. The molecule has 0 spiro atoms. The average Bonchev–Trinajstić information content (AvgIpc) is 2.31. The van der Waals surface area contributed by atoms with E-state index in [1.807, 2.05) is 6.92 Å². The lowest BCUT2D eigenvalue weighted by Gasteiger charge is -2.14. The number of carbonyl (C=O) groups is 1. The molecule has 1 atom stereocenters. The van der Waals surface area contributed by atoms with Gasteiger partial charge in [-0.1, -0.05) is 20.8 Å². The van der Waals surface area contributed by atoms with Crippen LogP contribution in [0.5, 0.6) is 0 Å². The molecular weight excluding hydrogens is 224 g/mol. The van der Waals surface area contributed by atoms with Crippen LogP contribution in [-0.4, -0.2) is 40.8 Å². The summed E-state index contributed by atoms with van der Waals surface area (Å²) in [6.45, 7) is 6.97. The highest BCUT2D eigenvalue weighted by Crippen LogP contribution is 1.94. The van der Waals surface area contributed by atoms with Crippen molar-refractivity contribution in [2.75, 3.05) is 24.6 Å². The van der Waals surface area contributed by atoms with Crippen LogP contribution in [0, 0.1) is 0 Å². The second kappa shape index (κ2) is 9.78. The van der Waals surface area contributed by atoms with Crippen LogP contribution in [-0.2, 0) is 15.6 Å². The monoisotopic (exact) mass is 248 g/mol. The molecule has 0 heterocycles. The van der Waals surface area contributed by atoms with Crippen LogP contribution in [0.2, 0.25) is 0 Å². The quantitative estimate of drug-likeness (QED) is 0.589. The summed E-state index contributed by atoms with van der Waals surface area (Å²) in [5.41, 5.74) is 0. The molecule has 2 N–H and O–H groups in total. The molecule has 0 saturated heterocycles. The predicted octanol–water partition coefficient (Wildman–Crippen LogP) is 0.649. The summed E-state index contributed by atoms with van der Waals surface area (Å²) in [5.74, 6) is 1.33. The van der Waals surface area contributed by atoms with Gasteiger partial charge in [-0.2, -0.15) is 0 Å². The van der Waals surface area contributed by atoms with Crippen LogP contribution in [0.1, 0.15) is 33.6 Å². The SMILES string of the molecule is CCC(CC)NC(=O)CNCCS(=O)CC. The van der Waals surface area contributed by atoms with Crippen molar-refractivity contribution in [1.82, 2.24) is 10.6 Å². The van der Waals surface area contributed by atoms with E-state index in [2.05, 4.69) is 24.5 Å². The Hall–Kier alpha value is -0.420. The molecule has 0 rings (SSSR count). The zero-order chi connectivity index (χ0) is 12.4. The average molecular weight is 248 g/mol. The summed E-state index contributed by atoms with van der Waals surface area (Å²) in [4.78, 5) is 11.4. The van der Waals surface area contributed by atoms with Crippen LogP contribution >= 0.6 is 0 Å². The Morgan fingerprint density at radius 3 is 2.38 bits per heavy atom. The molecule has 0 aliphatic rings. The summed E-state index contributed by atoms with van der Waals surface area (Å²) < 4.78 is 11.1. The number of nitrogens with one attached hydrogen (secondary N) is 2. The molecule has 5 heteroatoms. The predicted molar refractivity (Wildman–Crippen MR) is 68.9 cm³/mol. The molecule has 0 bridgehead atoms. The van der Waals surface area contributed by atoms with Gasteiger partial charge in [0.1, 0.15) is 0 Å². The Morgan fingerprint density at radius 1 is 1.25 bits per heavy atom. The van der Waals surface area contributed by atoms with E-state index in [1.165, 1.54) is 0 Å². The van der Waals surface area contributed by atoms with Crippen molar-refractivity contribution in [2.45, 2.75) is 39.7 Å². The summed E-state index contributed by atoms with van der Waals surface area (Å²) in [6, 6.07) is 0.277. The van der Waals surface area contributed by atoms with Crippen LogP contribution in [0.25, 0.3) is 0 Å². The molecule has 0 aromatic heterocycles. The van der Waals surface area contributed by atoms with Gasteiger partial charge in [0.25, 0.3) is 0 Å². The minimum atomic E-state index is -0.750. The Morgan fingerprint density at radius 2 is 1.88 bits per heavy atom. The van der Waals surface area contributed by atoms with Crippen molar-refractivity contribution < 1.29 is 9.00 Å². The second-order valence-corrected chi connectivity index (χ2v) is 5.56. The smallest absolute Gasteiger partial charge is 0.234 e. The third kappa shape index (κ3) is 7.82. The first-order chi connectivity index (χ1) is 7.63. The Labute approximate surface area is 101 Å². The minimum Gasteiger partial charge on any atom is -0.352 e. The largest absolute Gasteiger partial charge is 0.352 e. The lowest BCUT2D eigenvalue weighted by molar-refractivity contribution is -0.120. The topological polar surface area (TPSA) is 58.2 Å². The minimum absolute atomic E-state index is 0.0241. The van der Waals surface area contributed by atoms with Gasteiger partial charge < -0.3 is 10.6 Å². The molecule has 0 aliphatic carbocycles. The van der Waals surface area contributed by atoms with Gasteiger partial charge in [0.2, 0.25) is 5.91 Å². The van der Waals surface area contributed by atoms with E-state index < -0.39 is 10.8 Å². The van der Waals surface area contributed by atoms with Gasteiger partial charge in [-0.25, -0.2) is 0 Å². The number of hydrogen-bond acceptors (Lipinski definition) is 3. The molecule has 0 fully saturated rings. The number of carbonyl (C=O) groups excluding carboxylic acids is 1. The molecule has 0 aliphatic heterocycles. The van der Waals surface area contributed by atoms with Crippen molar-refractivity contribution in [2.24, 2.45) is 0 Å². The molecule has 1 amide bonds. The first kappa shape index (κ1) is 15.6. The number of hydrogen-bond donors (Lipinski definition) is 2. The molecule has 0 radical (unpaired) electrons. The normalized spacial score (nSPS) is 12.8. The van der Waals surface area contributed by atoms with E-state index in [0.717, 1.165) is 12.8 Å². The molecule has 4 nitrogen and oxygen atoms in total. The zero-order valence-corrected chi connectivity index (χ0v) is 11.4. The van der Waals surface area contributed by atoms with Crippen molar-refractivity contribution in [3.05, 3.63) is 0 Å². The standard InChI is InChI=1S/C11H24N2O2S/c1-4-10(5-2)13-11(14)9-12-7-8-16(15)6-3/h10,12H,4-9H2,1-3H3,(H,13,14). The van der Waals surface area contributed by atoms with Gasteiger partial charge in [-0.15, -0.1) is 0 Å². The van der Waals surface area contributed by atoms with E-state index >= 15 is 0 Å². The first-order valence-electron chi connectivity index (χ1n) is 5.99. The van der Waals surface area contributed by atoms with Gasteiger partial charge in [0, 0.05) is 34.9 Å². The summed E-state index contributed by atoms with van der Waals surface area (Å²) >= 11 is 0. The highest BCUT2D eigenvalue weighted by molar-refractivity contribution is 7.84.